The number of aryl methyl sites for hydroxylation is 1. The van der Waals surface area contributed by atoms with E-state index < -0.39 is 5.91 Å². The fraction of sp³-hybridized carbons (Fsp3) is 0.103. The molecule has 0 aliphatic rings. The molecule has 35 heavy (non-hydrogen) atoms. The molecule has 0 heterocycles. The molecule has 4 aromatic carbocycles. The Labute approximate surface area is 212 Å². The Balaban J connectivity index is 1.58. The Kier molecular flexibility index (Phi) is 7.49. The minimum atomic E-state index is -0.482. The minimum Gasteiger partial charge on any atom is -0.493 e. The molecular formula is C29H23BrN2O3. The van der Waals surface area contributed by atoms with E-state index in [2.05, 4.69) is 39.4 Å². The van der Waals surface area contributed by atoms with Crippen molar-refractivity contribution in [1.29, 1.82) is 5.26 Å². The van der Waals surface area contributed by atoms with Gasteiger partial charge in [-0.25, -0.2) is 0 Å². The lowest BCUT2D eigenvalue weighted by Gasteiger charge is -2.14. The smallest absolute Gasteiger partial charge is 0.266 e. The molecule has 0 aliphatic carbocycles. The Hall–Kier alpha value is -4.08. The third-order valence-corrected chi connectivity index (χ3v) is 6.29. The molecule has 0 aliphatic heterocycles. The van der Waals surface area contributed by atoms with Crippen molar-refractivity contribution in [3.63, 3.8) is 0 Å². The number of ether oxygens (including phenoxy) is 2. The number of hydrogen-bond acceptors (Lipinski definition) is 4. The maximum atomic E-state index is 12.7. The molecule has 0 radical (unpaired) electrons. The summed E-state index contributed by atoms with van der Waals surface area (Å²) in [6.07, 6.45) is 1.52. The number of amides is 1. The summed E-state index contributed by atoms with van der Waals surface area (Å²) in [5, 5.41) is 14.7. The molecule has 0 saturated carbocycles. The Bertz CT molecular complexity index is 1470. The summed E-state index contributed by atoms with van der Waals surface area (Å²) in [6, 6.07) is 27.2. The fourth-order valence-electron chi connectivity index (χ4n) is 3.71. The summed E-state index contributed by atoms with van der Waals surface area (Å²) in [5.74, 6) is 0.563. The maximum absolute atomic E-state index is 12.7. The lowest BCUT2D eigenvalue weighted by molar-refractivity contribution is -0.112. The highest BCUT2D eigenvalue weighted by molar-refractivity contribution is 9.10. The summed E-state index contributed by atoms with van der Waals surface area (Å²) >= 11 is 3.54. The van der Waals surface area contributed by atoms with Crippen molar-refractivity contribution in [2.45, 2.75) is 13.5 Å². The van der Waals surface area contributed by atoms with E-state index in [1.807, 2.05) is 55.5 Å². The number of carbonyl (C=O) groups is 1. The van der Waals surface area contributed by atoms with Gasteiger partial charge in [-0.15, -0.1) is 0 Å². The van der Waals surface area contributed by atoms with E-state index >= 15 is 0 Å². The minimum absolute atomic E-state index is 0.0274. The van der Waals surface area contributed by atoms with Crippen LogP contribution in [0.2, 0.25) is 0 Å². The van der Waals surface area contributed by atoms with Crippen LogP contribution in [0.5, 0.6) is 11.5 Å². The second-order valence-electron chi connectivity index (χ2n) is 7.89. The number of nitriles is 1. The first-order chi connectivity index (χ1) is 17.0. The largest absolute Gasteiger partial charge is 0.493 e. The third kappa shape index (κ3) is 5.53. The first kappa shape index (κ1) is 24.1. The van der Waals surface area contributed by atoms with Gasteiger partial charge >= 0.3 is 0 Å². The molecule has 174 valence electrons. The highest BCUT2D eigenvalue weighted by atomic mass is 79.9. The number of hydrogen-bond donors (Lipinski definition) is 1. The Morgan fingerprint density at radius 3 is 2.54 bits per heavy atom. The lowest BCUT2D eigenvalue weighted by atomic mass is 10.1. The number of anilines is 1. The second kappa shape index (κ2) is 10.9. The van der Waals surface area contributed by atoms with E-state index in [9.17, 15) is 10.1 Å². The van der Waals surface area contributed by atoms with E-state index in [-0.39, 0.29) is 5.57 Å². The molecule has 4 aromatic rings. The molecule has 1 N–H and O–H groups in total. The van der Waals surface area contributed by atoms with Crippen LogP contribution in [0.25, 0.3) is 16.8 Å². The predicted molar refractivity (Wildman–Crippen MR) is 142 cm³/mol. The van der Waals surface area contributed by atoms with Crippen LogP contribution in [0.3, 0.4) is 0 Å². The number of nitrogens with one attached hydrogen (secondary N) is 1. The molecule has 0 spiro atoms. The van der Waals surface area contributed by atoms with Gasteiger partial charge in [0.1, 0.15) is 18.2 Å². The van der Waals surface area contributed by atoms with Crippen LogP contribution in [0.15, 0.2) is 88.9 Å². The number of halogens is 1. The van der Waals surface area contributed by atoms with Gasteiger partial charge < -0.3 is 14.8 Å². The number of benzene rings is 4. The van der Waals surface area contributed by atoms with Gasteiger partial charge in [0.25, 0.3) is 5.91 Å². The number of rotatable bonds is 7. The van der Waals surface area contributed by atoms with Gasteiger partial charge in [-0.2, -0.15) is 5.26 Å². The molecule has 0 atom stereocenters. The van der Waals surface area contributed by atoms with Gasteiger partial charge in [0, 0.05) is 10.2 Å². The fourth-order valence-corrected chi connectivity index (χ4v) is 4.15. The van der Waals surface area contributed by atoms with Crippen LogP contribution in [0.4, 0.5) is 5.69 Å². The zero-order valence-corrected chi connectivity index (χ0v) is 20.9. The molecule has 0 unspecified atom stereocenters. The van der Waals surface area contributed by atoms with E-state index in [0.29, 0.717) is 33.8 Å². The topological polar surface area (TPSA) is 71.3 Å². The average Bonchev–Trinajstić information content (AvgIpc) is 2.88. The highest BCUT2D eigenvalue weighted by Gasteiger charge is 2.15. The number of carbonyl (C=O) groups excluding carboxylic acids is 1. The van der Waals surface area contributed by atoms with Crippen LogP contribution in [-0.4, -0.2) is 13.0 Å². The standard InChI is InChI=1S/C29H23BrN2O3/c1-19-8-3-6-13-26(19)32-29(33)23(17-31)14-22-15-27(34-2)28(16-25(22)30)35-18-21-11-7-10-20-9-4-5-12-24(20)21/h3-16H,18H2,1-2H3,(H,32,33)/b23-14-. The monoisotopic (exact) mass is 526 g/mol. The van der Waals surface area contributed by atoms with E-state index in [1.165, 1.54) is 6.08 Å². The van der Waals surface area contributed by atoms with Crippen LogP contribution in [-0.2, 0) is 11.4 Å². The van der Waals surface area contributed by atoms with Crippen molar-refractivity contribution in [3.8, 4) is 17.6 Å². The average molecular weight is 527 g/mol. The zero-order chi connectivity index (χ0) is 24.8. The van der Waals surface area contributed by atoms with Gasteiger partial charge in [0.15, 0.2) is 11.5 Å². The lowest BCUT2D eigenvalue weighted by Crippen LogP contribution is -2.14. The first-order valence-electron chi connectivity index (χ1n) is 11.0. The van der Waals surface area contributed by atoms with Gasteiger partial charge in [-0.1, -0.05) is 76.6 Å². The summed E-state index contributed by atoms with van der Waals surface area (Å²) in [6.45, 7) is 2.26. The Morgan fingerprint density at radius 1 is 1.03 bits per heavy atom. The molecular weight excluding hydrogens is 504 g/mol. The molecule has 0 saturated heterocycles. The highest BCUT2D eigenvalue weighted by Crippen LogP contribution is 2.35. The maximum Gasteiger partial charge on any atom is 0.266 e. The van der Waals surface area contributed by atoms with Gasteiger partial charge in [-0.05, 0) is 58.7 Å². The van der Waals surface area contributed by atoms with Gasteiger partial charge in [-0.3, -0.25) is 4.79 Å². The summed E-state index contributed by atoms with van der Waals surface area (Å²) in [7, 11) is 1.55. The molecule has 4 rings (SSSR count). The van der Waals surface area contributed by atoms with Crippen molar-refractivity contribution < 1.29 is 14.3 Å². The predicted octanol–water partition coefficient (Wildman–Crippen LogP) is 7.04. The molecule has 0 aromatic heterocycles. The second-order valence-corrected chi connectivity index (χ2v) is 8.74. The van der Waals surface area contributed by atoms with Crippen LogP contribution < -0.4 is 14.8 Å². The van der Waals surface area contributed by atoms with Crippen molar-refractivity contribution in [2.75, 3.05) is 12.4 Å². The summed E-state index contributed by atoms with van der Waals surface area (Å²) < 4.78 is 12.3. The Morgan fingerprint density at radius 2 is 1.77 bits per heavy atom. The molecule has 0 bridgehead atoms. The van der Waals surface area contributed by atoms with Crippen LogP contribution >= 0.6 is 15.9 Å². The van der Waals surface area contributed by atoms with Crippen molar-refractivity contribution in [1.82, 2.24) is 0 Å². The molecule has 5 nitrogen and oxygen atoms in total. The van der Waals surface area contributed by atoms with E-state index in [0.717, 1.165) is 21.9 Å². The third-order valence-electron chi connectivity index (χ3n) is 5.60. The van der Waals surface area contributed by atoms with Gasteiger partial charge in [0.05, 0.1) is 7.11 Å². The number of para-hydroxylation sites is 1. The zero-order valence-electron chi connectivity index (χ0n) is 19.3. The van der Waals surface area contributed by atoms with Crippen molar-refractivity contribution >= 4 is 44.4 Å². The van der Waals surface area contributed by atoms with Crippen LogP contribution in [0.1, 0.15) is 16.7 Å². The summed E-state index contributed by atoms with van der Waals surface area (Å²) in [5.41, 5.74) is 3.22. The van der Waals surface area contributed by atoms with E-state index in [4.69, 9.17) is 9.47 Å². The van der Waals surface area contributed by atoms with Gasteiger partial charge in [0.2, 0.25) is 0 Å². The van der Waals surface area contributed by atoms with Crippen molar-refractivity contribution in [3.05, 3.63) is 106 Å². The normalized spacial score (nSPS) is 11.1. The number of methoxy groups -OCH3 is 1. The number of fused-ring (bicyclic) bond motifs is 1. The molecule has 0 fully saturated rings. The number of nitrogens with zero attached hydrogens (tertiary/aromatic N) is 1. The quantitative estimate of drug-likeness (QED) is 0.207. The van der Waals surface area contributed by atoms with Crippen LogP contribution in [0, 0.1) is 18.3 Å². The van der Waals surface area contributed by atoms with E-state index in [1.54, 1.807) is 25.3 Å². The van der Waals surface area contributed by atoms with Crippen molar-refractivity contribution in [2.24, 2.45) is 0 Å². The SMILES string of the molecule is COc1cc(/C=C(/C#N)C(=O)Nc2ccccc2C)c(Br)cc1OCc1cccc2ccccc12. The summed E-state index contributed by atoms with van der Waals surface area (Å²) in [4.78, 5) is 12.7. The first-order valence-corrected chi connectivity index (χ1v) is 11.7. The molecule has 1 amide bonds. The molecule has 6 heteroatoms.